The third-order valence-corrected chi connectivity index (χ3v) is 0.820. The van der Waals surface area contributed by atoms with Crippen LogP contribution in [0.5, 0.6) is 0 Å². The van der Waals surface area contributed by atoms with Crippen LogP contribution in [-0.4, -0.2) is 44.0 Å². The summed E-state index contributed by atoms with van der Waals surface area (Å²) in [6, 6.07) is 3.43. The molecule has 0 amide bonds. The summed E-state index contributed by atoms with van der Waals surface area (Å²) >= 11 is 0. The minimum absolute atomic E-state index is 0. The molecule has 0 aliphatic rings. The number of rotatable bonds is 1. The molecule has 0 spiro atoms. The van der Waals surface area contributed by atoms with Gasteiger partial charge in [-0.2, -0.15) is 0 Å². The number of aromatic nitrogens is 1. The molecule has 96 valence electrons. The minimum atomic E-state index is -1.83. The summed E-state index contributed by atoms with van der Waals surface area (Å²) in [7, 11) is 0. The number of pyridine rings is 1. The fourth-order valence-electron chi connectivity index (χ4n) is 0.446. The van der Waals surface area contributed by atoms with Gasteiger partial charge in [-0.15, -0.1) is 0 Å². The van der Waals surface area contributed by atoms with E-state index in [1.165, 1.54) is 6.20 Å². The molecule has 7 N–H and O–H groups in total. The third kappa shape index (κ3) is 31.9. The average Bonchev–Trinajstić information content (AvgIpc) is 2.17. The van der Waals surface area contributed by atoms with Crippen molar-refractivity contribution >= 4 is 18.6 Å². The zero-order valence-electron chi connectivity index (χ0n) is 8.55. The largest absolute Gasteiger partial charge is 0.503 e. The predicted octanol–water partition coefficient (Wildman–Crippen LogP) is 1.50. The van der Waals surface area contributed by atoms with Crippen LogP contribution in [0.2, 0.25) is 0 Å². The van der Waals surface area contributed by atoms with Crippen molar-refractivity contribution in [1.29, 1.82) is 0 Å². The smallest absolute Gasteiger partial charge is 0.450 e. The molecule has 1 rings (SSSR count). The molecular weight excluding hydrogens is 236 g/mol. The lowest BCUT2D eigenvalue weighted by molar-refractivity contribution is 0.112. The van der Waals surface area contributed by atoms with Gasteiger partial charge < -0.3 is 26.6 Å². The minimum Gasteiger partial charge on any atom is -0.450 e. The van der Waals surface area contributed by atoms with Gasteiger partial charge in [0.1, 0.15) is 0 Å². The van der Waals surface area contributed by atoms with E-state index in [0.717, 1.165) is 6.29 Å². The number of aldehydes is 1. The number of carboxylic acid groups (broad SMARTS) is 4. The second-order valence-corrected chi connectivity index (χ2v) is 1.97. The van der Waals surface area contributed by atoms with Crippen molar-refractivity contribution in [3.8, 4) is 0 Å². The Kier molecular flexibility index (Phi) is 15.5. The van der Waals surface area contributed by atoms with Gasteiger partial charge in [0.05, 0.1) is 0 Å². The second-order valence-electron chi connectivity index (χ2n) is 1.97. The molecule has 1 aromatic heterocycles. The van der Waals surface area contributed by atoms with Crippen LogP contribution in [0.25, 0.3) is 0 Å². The number of carbonyl (C=O) groups excluding carboxylic acids is 1. The first-order valence-electron chi connectivity index (χ1n) is 3.59. The maximum absolute atomic E-state index is 9.97. The lowest BCUT2D eigenvalue weighted by Gasteiger charge is -1.81. The van der Waals surface area contributed by atoms with Crippen molar-refractivity contribution in [1.82, 2.24) is 11.1 Å². The highest BCUT2D eigenvalue weighted by Crippen LogP contribution is 1.87. The van der Waals surface area contributed by atoms with Crippen LogP contribution in [0.3, 0.4) is 0 Å². The molecule has 0 aliphatic carbocycles. The molecule has 9 heteroatoms. The summed E-state index contributed by atoms with van der Waals surface area (Å²) in [5, 5.41) is 27.9. The standard InChI is InChI=1S/C6H5NO.2CH2O3.H3N/c8-5-6-2-1-3-7-4-6;2*2-1(3)4;/h1-5H;2*(H2,2,3,4);1H3. The molecule has 0 saturated heterocycles. The predicted molar refractivity (Wildman–Crippen MR) is 56.0 cm³/mol. The quantitative estimate of drug-likeness (QED) is 0.460. The lowest BCUT2D eigenvalue weighted by atomic mass is 10.3. The molecule has 1 aromatic rings. The summed E-state index contributed by atoms with van der Waals surface area (Å²) in [4.78, 5) is 30.8. The molecule has 0 fully saturated rings. The molecule has 0 aliphatic heterocycles. The van der Waals surface area contributed by atoms with Gasteiger partial charge >= 0.3 is 12.3 Å². The maximum Gasteiger partial charge on any atom is 0.503 e. The first-order chi connectivity index (χ1) is 7.40. The van der Waals surface area contributed by atoms with E-state index < -0.39 is 12.3 Å². The van der Waals surface area contributed by atoms with Gasteiger partial charge in [-0.1, -0.05) is 0 Å². The number of nitrogens with zero attached hydrogens (tertiary/aromatic N) is 1. The Bertz CT molecular complexity index is 308. The van der Waals surface area contributed by atoms with Crippen molar-refractivity contribution in [2.75, 3.05) is 0 Å². The summed E-state index contributed by atoms with van der Waals surface area (Å²) in [5.74, 6) is 0. The normalized spacial score (nSPS) is 6.82. The highest BCUT2D eigenvalue weighted by atomic mass is 16.6. The van der Waals surface area contributed by atoms with Crippen LogP contribution < -0.4 is 6.15 Å². The summed E-state index contributed by atoms with van der Waals surface area (Å²) < 4.78 is 0. The van der Waals surface area contributed by atoms with E-state index in [4.69, 9.17) is 30.0 Å². The Hall–Kier alpha value is -2.68. The van der Waals surface area contributed by atoms with Crippen LogP contribution in [0, 0.1) is 0 Å². The van der Waals surface area contributed by atoms with E-state index in [1.807, 2.05) is 0 Å². The van der Waals surface area contributed by atoms with Crippen molar-refractivity contribution in [3.63, 3.8) is 0 Å². The topological polar surface area (TPSA) is 180 Å². The van der Waals surface area contributed by atoms with Crippen LogP contribution >= 0.6 is 0 Å². The molecular formula is C8H12N2O7. The van der Waals surface area contributed by atoms with Gasteiger partial charge in [0.15, 0.2) is 6.29 Å². The molecule has 0 unspecified atom stereocenters. The third-order valence-electron chi connectivity index (χ3n) is 0.820. The SMILES string of the molecule is N.O=C(O)O.O=C(O)O.O=Cc1cccnc1. The van der Waals surface area contributed by atoms with Gasteiger partial charge in [-0.3, -0.25) is 9.78 Å². The summed E-state index contributed by atoms with van der Waals surface area (Å²) in [5.41, 5.74) is 0.618. The highest BCUT2D eigenvalue weighted by molar-refractivity contribution is 5.73. The van der Waals surface area contributed by atoms with Crippen molar-refractivity contribution in [2.45, 2.75) is 0 Å². The van der Waals surface area contributed by atoms with Gasteiger partial charge in [-0.25, -0.2) is 9.59 Å². The lowest BCUT2D eigenvalue weighted by Crippen LogP contribution is -1.81. The van der Waals surface area contributed by atoms with Crippen LogP contribution in [0.1, 0.15) is 10.4 Å². The first-order valence-corrected chi connectivity index (χ1v) is 3.59. The van der Waals surface area contributed by atoms with Crippen molar-refractivity contribution in [3.05, 3.63) is 30.1 Å². The molecule has 0 bridgehead atoms. The molecule has 0 radical (unpaired) electrons. The van der Waals surface area contributed by atoms with E-state index in [9.17, 15) is 4.79 Å². The number of carbonyl (C=O) groups is 3. The summed E-state index contributed by atoms with van der Waals surface area (Å²) in [6.45, 7) is 0. The van der Waals surface area contributed by atoms with Crippen LogP contribution in [-0.2, 0) is 0 Å². The van der Waals surface area contributed by atoms with Gasteiger partial charge in [0.2, 0.25) is 0 Å². The Morgan fingerprint density at radius 1 is 1.12 bits per heavy atom. The zero-order chi connectivity index (χ0) is 13.0. The fraction of sp³-hybridized carbons (Fsp3) is 0. The zero-order valence-corrected chi connectivity index (χ0v) is 8.55. The average molecular weight is 248 g/mol. The molecule has 0 saturated carbocycles. The maximum atomic E-state index is 9.97. The monoisotopic (exact) mass is 248 g/mol. The van der Waals surface area contributed by atoms with Gasteiger partial charge in [-0.05, 0) is 12.1 Å². The van der Waals surface area contributed by atoms with E-state index >= 15 is 0 Å². The Balaban J connectivity index is -0.000000189. The molecule has 17 heavy (non-hydrogen) atoms. The fourth-order valence-corrected chi connectivity index (χ4v) is 0.446. The molecule has 0 atom stereocenters. The first kappa shape index (κ1) is 19.8. The van der Waals surface area contributed by atoms with Crippen molar-refractivity contribution < 1.29 is 34.8 Å². The Labute approximate surface area is 95.6 Å². The van der Waals surface area contributed by atoms with Crippen molar-refractivity contribution in [2.24, 2.45) is 0 Å². The van der Waals surface area contributed by atoms with E-state index in [1.54, 1.807) is 18.3 Å². The van der Waals surface area contributed by atoms with Gasteiger partial charge in [0.25, 0.3) is 0 Å². The van der Waals surface area contributed by atoms with E-state index in [-0.39, 0.29) is 6.15 Å². The number of hydrogen-bond acceptors (Lipinski definition) is 5. The number of hydrogen-bond donors (Lipinski definition) is 5. The second kappa shape index (κ2) is 13.3. The van der Waals surface area contributed by atoms with E-state index in [0.29, 0.717) is 5.56 Å². The molecule has 9 nitrogen and oxygen atoms in total. The van der Waals surface area contributed by atoms with Gasteiger partial charge in [0, 0.05) is 18.0 Å². The Morgan fingerprint density at radius 3 is 1.71 bits per heavy atom. The molecule has 1 heterocycles. The van der Waals surface area contributed by atoms with Crippen LogP contribution in [0.15, 0.2) is 24.5 Å². The molecule has 0 aromatic carbocycles. The Morgan fingerprint density at radius 2 is 1.53 bits per heavy atom. The highest BCUT2D eigenvalue weighted by Gasteiger charge is 1.81. The van der Waals surface area contributed by atoms with Crippen LogP contribution in [0.4, 0.5) is 9.59 Å². The summed E-state index contributed by atoms with van der Waals surface area (Å²) in [6.07, 6.45) is 0.257. The van der Waals surface area contributed by atoms with E-state index in [2.05, 4.69) is 4.98 Å².